The highest BCUT2D eigenvalue weighted by Crippen LogP contribution is 2.17. The molecule has 2 heterocycles. The lowest BCUT2D eigenvalue weighted by Gasteiger charge is -2.32. The number of ether oxygens (including phenoxy) is 1. The lowest BCUT2D eigenvalue weighted by molar-refractivity contribution is -0.128. The van der Waals surface area contributed by atoms with Crippen LogP contribution in [0.2, 0.25) is 0 Å². The van der Waals surface area contributed by atoms with Gasteiger partial charge in [0.15, 0.2) is 11.9 Å². The molecule has 0 saturated carbocycles. The summed E-state index contributed by atoms with van der Waals surface area (Å²) in [6, 6.07) is 11.2. The van der Waals surface area contributed by atoms with E-state index in [9.17, 15) is 9.59 Å². The molecule has 2 aromatic rings. The van der Waals surface area contributed by atoms with Gasteiger partial charge in [-0.05, 0) is 56.5 Å². The van der Waals surface area contributed by atoms with Crippen LogP contribution in [0.25, 0.3) is 0 Å². The van der Waals surface area contributed by atoms with E-state index in [-0.39, 0.29) is 17.7 Å². The number of aromatic nitrogens is 1. The Balaban J connectivity index is 1.45. The zero-order chi connectivity index (χ0) is 19.9. The second-order valence-corrected chi connectivity index (χ2v) is 7.26. The van der Waals surface area contributed by atoms with E-state index in [1.54, 1.807) is 31.2 Å². The molecule has 0 aliphatic carbocycles. The quantitative estimate of drug-likeness (QED) is 0.747. The molecular formula is C22H27N3O3. The fourth-order valence-electron chi connectivity index (χ4n) is 3.35. The first-order chi connectivity index (χ1) is 13.5. The first kappa shape index (κ1) is 20.0. The zero-order valence-corrected chi connectivity index (χ0v) is 16.4. The van der Waals surface area contributed by atoms with Crippen LogP contribution in [0.1, 0.15) is 42.6 Å². The number of benzene rings is 1. The van der Waals surface area contributed by atoms with Gasteiger partial charge < -0.3 is 10.1 Å². The molecule has 6 nitrogen and oxygen atoms in total. The van der Waals surface area contributed by atoms with Crippen molar-refractivity contribution in [2.45, 2.75) is 45.4 Å². The second-order valence-electron chi connectivity index (χ2n) is 7.26. The Hall–Kier alpha value is -2.73. The minimum Gasteiger partial charge on any atom is -0.481 e. The van der Waals surface area contributed by atoms with E-state index >= 15 is 0 Å². The lowest BCUT2D eigenvalue weighted by Crippen LogP contribution is -2.47. The van der Waals surface area contributed by atoms with Gasteiger partial charge in [-0.1, -0.05) is 12.1 Å². The number of amides is 1. The third kappa shape index (κ3) is 5.63. The number of pyridine rings is 1. The molecule has 0 bridgehead atoms. The highest BCUT2D eigenvalue weighted by molar-refractivity contribution is 5.94. The maximum atomic E-state index is 12.5. The number of hydrogen-bond acceptors (Lipinski definition) is 5. The van der Waals surface area contributed by atoms with E-state index in [2.05, 4.69) is 15.2 Å². The first-order valence-corrected chi connectivity index (χ1v) is 9.70. The number of piperidine rings is 1. The van der Waals surface area contributed by atoms with Gasteiger partial charge in [0, 0.05) is 43.6 Å². The lowest BCUT2D eigenvalue weighted by atomic mass is 10.0. The average Bonchev–Trinajstić information content (AvgIpc) is 2.70. The van der Waals surface area contributed by atoms with Crippen molar-refractivity contribution in [3.05, 3.63) is 59.9 Å². The van der Waals surface area contributed by atoms with E-state index < -0.39 is 6.10 Å². The maximum Gasteiger partial charge on any atom is 0.260 e. The largest absolute Gasteiger partial charge is 0.481 e. The van der Waals surface area contributed by atoms with E-state index in [0.29, 0.717) is 11.3 Å². The van der Waals surface area contributed by atoms with Crippen LogP contribution in [-0.2, 0) is 11.3 Å². The van der Waals surface area contributed by atoms with Crippen molar-refractivity contribution in [3.63, 3.8) is 0 Å². The summed E-state index contributed by atoms with van der Waals surface area (Å²) >= 11 is 0. The van der Waals surface area contributed by atoms with Crippen molar-refractivity contribution in [1.82, 2.24) is 15.2 Å². The Morgan fingerprint density at radius 2 is 1.93 bits per heavy atom. The molecule has 28 heavy (non-hydrogen) atoms. The summed E-state index contributed by atoms with van der Waals surface area (Å²) in [5, 5.41) is 3.09. The van der Waals surface area contributed by atoms with Crippen molar-refractivity contribution in [1.29, 1.82) is 0 Å². The molecule has 3 rings (SSSR count). The molecule has 1 unspecified atom stereocenters. The summed E-state index contributed by atoms with van der Waals surface area (Å²) in [4.78, 5) is 30.4. The van der Waals surface area contributed by atoms with Crippen LogP contribution in [-0.4, -0.2) is 46.8 Å². The minimum absolute atomic E-state index is 0.0268. The normalized spacial score (nSPS) is 16.4. The van der Waals surface area contributed by atoms with E-state index in [1.165, 1.54) is 12.5 Å². The van der Waals surface area contributed by atoms with Gasteiger partial charge in [0.2, 0.25) is 0 Å². The van der Waals surface area contributed by atoms with Crippen LogP contribution in [0, 0.1) is 0 Å². The summed E-state index contributed by atoms with van der Waals surface area (Å²) in [5.41, 5.74) is 1.83. The summed E-state index contributed by atoms with van der Waals surface area (Å²) < 4.78 is 5.73. The number of hydrogen-bond donors (Lipinski definition) is 1. The summed E-state index contributed by atoms with van der Waals surface area (Å²) in [5.74, 6) is 0.379. The van der Waals surface area contributed by atoms with Crippen molar-refractivity contribution in [3.8, 4) is 5.75 Å². The molecule has 148 valence electrons. The third-order valence-corrected chi connectivity index (χ3v) is 5.01. The number of nitrogens with zero attached hydrogens (tertiary/aromatic N) is 2. The minimum atomic E-state index is -0.614. The Kier molecular flexibility index (Phi) is 6.76. The topological polar surface area (TPSA) is 71.5 Å². The van der Waals surface area contributed by atoms with Crippen LogP contribution in [0.4, 0.5) is 0 Å². The summed E-state index contributed by atoms with van der Waals surface area (Å²) in [7, 11) is 0. The van der Waals surface area contributed by atoms with Gasteiger partial charge >= 0.3 is 0 Å². The van der Waals surface area contributed by atoms with Crippen molar-refractivity contribution >= 4 is 11.7 Å². The van der Waals surface area contributed by atoms with Crippen LogP contribution < -0.4 is 10.1 Å². The molecule has 1 N–H and O–H groups in total. The number of rotatable bonds is 7. The predicted octanol–water partition coefficient (Wildman–Crippen LogP) is 2.83. The molecule has 1 amide bonds. The Morgan fingerprint density at radius 1 is 1.21 bits per heavy atom. The molecule has 1 saturated heterocycles. The van der Waals surface area contributed by atoms with E-state index in [1.807, 2.05) is 24.5 Å². The molecule has 1 aliphatic heterocycles. The van der Waals surface area contributed by atoms with Crippen molar-refractivity contribution < 1.29 is 14.3 Å². The number of carbonyl (C=O) groups excluding carboxylic acids is 2. The molecule has 1 atom stereocenters. The molecule has 1 fully saturated rings. The molecule has 0 spiro atoms. The Bertz CT molecular complexity index is 802. The maximum absolute atomic E-state index is 12.5. The smallest absolute Gasteiger partial charge is 0.260 e. The van der Waals surface area contributed by atoms with Gasteiger partial charge in [-0.25, -0.2) is 0 Å². The van der Waals surface area contributed by atoms with Gasteiger partial charge in [-0.15, -0.1) is 0 Å². The number of carbonyl (C=O) groups is 2. The fraction of sp³-hybridized carbons (Fsp3) is 0.409. The fourth-order valence-corrected chi connectivity index (χ4v) is 3.35. The van der Waals surface area contributed by atoms with Crippen LogP contribution in [0.3, 0.4) is 0 Å². The number of likely N-dealkylation sites (tertiary alicyclic amines) is 1. The van der Waals surface area contributed by atoms with Crippen molar-refractivity contribution in [2.24, 2.45) is 0 Å². The van der Waals surface area contributed by atoms with Gasteiger partial charge in [0.05, 0.1) is 0 Å². The van der Waals surface area contributed by atoms with Gasteiger partial charge in [0.25, 0.3) is 5.91 Å². The Labute approximate surface area is 165 Å². The number of Topliss-reactive ketones (excluding diaryl/α,β-unsaturated/α-hetero) is 1. The van der Waals surface area contributed by atoms with Gasteiger partial charge in [0.1, 0.15) is 5.75 Å². The average molecular weight is 381 g/mol. The molecule has 1 aromatic heterocycles. The summed E-state index contributed by atoms with van der Waals surface area (Å²) in [6.45, 7) is 6.05. The van der Waals surface area contributed by atoms with Gasteiger partial charge in [-0.3, -0.25) is 19.5 Å². The molecule has 1 aromatic carbocycles. The highest BCUT2D eigenvalue weighted by Gasteiger charge is 2.23. The molecular weight excluding hydrogens is 354 g/mol. The van der Waals surface area contributed by atoms with Crippen LogP contribution in [0.5, 0.6) is 5.75 Å². The second kappa shape index (κ2) is 9.46. The predicted molar refractivity (Wildman–Crippen MR) is 107 cm³/mol. The third-order valence-electron chi connectivity index (χ3n) is 5.01. The molecule has 6 heteroatoms. The van der Waals surface area contributed by atoms with Gasteiger partial charge in [-0.2, -0.15) is 0 Å². The highest BCUT2D eigenvalue weighted by atomic mass is 16.5. The molecule has 0 radical (unpaired) electrons. The molecule has 1 aliphatic rings. The summed E-state index contributed by atoms with van der Waals surface area (Å²) in [6.07, 6.45) is 4.86. The first-order valence-electron chi connectivity index (χ1n) is 9.70. The number of nitrogens with one attached hydrogen (secondary N) is 1. The van der Waals surface area contributed by atoms with Crippen molar-refractivity contribution in [2.75, 3.05) is 13.1 Å². The van der Waals surface area contributed by atoms with Crippen LogP contribution in [0.15, 0.2) is 48.8 Å². The zero-order valence-electron chi connectivity index (χ0n) is 16.4. The number of ketones is 1. The Morgan fingerprint density at radius 3 is 2.61 bits per heavy atom. The standard InChI is InChI=1S/C22H27N3O3/c1-16(26)19-4-3-5-21(14-19)28-17(2)22(27)24-20-8-12-25(13-9-20)15-18-6-10-23-11-7-18/h3-7,10-11,14,17,20H,8-9,12-13,15H2,1-2H3,(H,24,27). The van der Waals surface area contributed by atoms with E-state index in [0.717, 1.165) is 32.5 Å². The van der Waals surface area contributed by atoms with E-state index in [4.69, 9.17) is 4.74 Å². The van der Waals surface area contributed by atoms with Crippen LogP contribution >= 0.6 is 0 Å². The monoisotopic (exact) mass is 381 g/mol. The SMILES string of the molecule is CC(=O)c1cccc(OC(C)C(=O)NC2CCN(Cc3ccncc3)CC2)c1.